The minimum absolute atomic E-state index is 0.185. The molecule has 7 heteroatoms. The largest absolute Gasteiger partial charge is 0.478 e. The molecule has 6 nitrogen and oxygen atoms in total. The average molecular weight is 384 g/mol. The first-order valence-corrected chi connectivity index (χ1v) is 8.78. The van der Waals surface area contributed by atoms with Crippen LogP contribution in [0.3, 0.4) is 0 Å². The molecule has 1 aromatic carbocycles. The molecular weight excluding hydrogens is 366 g/mol. The van der Waals surface area contributed by atoms with Crippen LogP contribution in [0.2, 0.25) is 5.02 Å². The van der Waals surface area contributed by atoms with E-state index in [9.17, 15) is 9.59 Å². The highest BCUT2D eigenvalue weighted by Crippen LogP contribution is 2.16. The minimum Gasteiger partial charge on any atom is -0.478 e. The minimum atomic E-state index is -0.325. The van der Waals surface area contributed by atoms with Gasteiger partial charge in [0.1, 0.15) is 0 Å². The molecule has 1 N–H and O–H groups in total. The Bertz CT molecular complexity index is 1000. The number of nitrogens with zero attached hydrogens (tertiary/aromatic N) is 2. The van der Waals surface area contributed by atoms with Gasteiger partial charge in [-0.25, -0.2) is 4.98 Å². The molecule has 0 radical (unpaired) electrons. The summed E-state index contributed by atoms with van der Waals surface area (Å²) in [6.07, 6.45) is 3.03. The third kappa shape index (κ3) is 4.74. The number of ether oxygens (including phenoxy) is 1. The van der Waals surface area contributed by atoms with Crippen molar-refractivity contribution in [2.24, 2.45) is 0 Å². The summed E-state index contributed by atoms with van der Waals surface area (Å²) in [4.78, 5) is 28.6. The van der Waals surface area contributed by atoms with Crippen molar-refractivity contribution in [3.05, 3.63) is 87.4 Å². The van der Waals surface area contributed by atoms with Crippen molar-refractivity contribution in [1.29, 1.82) is 0 Å². The van der Waals surface area contributed by atoms with Crippen LogP contribution in [-0.4, -0.2) is 22.1 Å². The lowest BCUT2D eigenvalue weighted by molar-refractivity contribution is 0.102. The number of benzene rings is 1. The number of hydrogen-bond donors (Lipinski definition) is 1. The SMILES string of the molecule is CCOc1ccc(C(=O)Nc2ccc(=O)n(Cc3ccccc3Cl)c2)cn1. The maximum Gasteiger partial charge on any atom is 0.257 e. The van der Waals surface area contributed by atoms with Crippen LogP contribution in [0.15, 0.2) is 65.7 Å². The molecule has 0 fully saturated rings. The van der Waals surface area contributed by atoms with Crippen molar-refractivity contribution < 1.29 is 9.53 Å². The molecule has 1 amide bonds. The highest BCUT2D eigenvalue weighted by molar-refractivity contribution is 6.31. The van der Waals surface area contributed by atoms with Crippen LogP contribution in [0.4, 0.5) is 5.69 Å². The summed E-state index contributed by atoms with van der Waals surface area (Å²) in [6.45, 7) is 2.68. The molecule has 0 unspecified atom stereocenters. The summed E-state index contributed by atoms with van der Waals surface area (Å²) in [5.74, 6) is 0.135. The van der Waals surface area contributed by atoms with E-state index in [0.29, 0.717) is 35.3 Å². The van der Waals surface area contributed by atoms with Crippen molar-refractivity contribution >= 4 is 23.2 Å². The first-order valence-electron chi connectivity index (χ1n) is 8.41. The van der Waals surface area contributed by atoms with Crippen molar-refractivity contribution in [1.82, 2.24) is 9.55 Å². The fourth-order valence-electron chi connectivity index (χ4n) is 2.49. The van der Waals surface area contributed by atoms with Crippen molar-refractivity contribution in [3.8, 4) is 5.88 Å². The van der Waals surface area contributed by atoms with Crippen molar-refractivity contribution in [2.75, 3.05) is 11.9 Å². The van der Waals surface area contributed by atoms with Crippen LogP contribution in [0.25, 0.3) is 0 Å². The second kappa shape index (κ2) is 8.51. The molecule has 0 bridgehead atoms. The molecule has 0 spiro atoms. The topological polar surface area (TPSA) is 73.2 Å². The predicted octanol–water partition coefficient (Wildman–Crippen LogP) is 3.60. The molecule has 0 saturated carbocycles. The van der Waals surface area contributed by atoms with Crippen LogP contribution in [0.1, 0.15) is 22.8 Å². The van der Waals surface area contributed by atoms with E-state index >= 15 is 0 Å². The van der Waals surface area contributed by atoms with E-state index in [1.807, 2.05) is 25.1 Å². The van der Waals surface area contributed by atoms with E-state index in [0.717, 1.165) is 5.56 Å². The van der Waals surface area contributed by atoms with Crippen molar-refractivity contribution in [3.63, 3.8) is 0 Å². The zero-order valence-corrected chi connectivity index (χ0v) is 15.4. The Kier molecular flexibility index (Phi) is 5.88. The molecule has 0 saturated heterocycles. The smallest absolute Gasteiger partial charge is 0.257 e. The maximum absolute atomic E-state index is 12.4. The number of anilines is 1. The van der Waals surface area contributed by atoms with Gasteiger partial charge in [-0.2, -0.15) is 0 Å². The van der Waals surface area contributed by atoms with Crippen LogP contribution in [0.5, 0.6) is 5.88 Å². The van der Waals surface area contributed by atoms with Gasteiger partial charge < -0.3 is 14.6 Å². The lowest BCUT2D eigenvalue weighted by Gasteiger charge is -2.11. The number of halogens is 1. The van der Waals surface area contributed by atoms with Gasteiger partial charge in [0.15, 0.2) is 0 Å². The fourth-order valence-corrected chi connectivity index (χ4v) is 2.69. The summed E-state index contributed by atoms with van der Waals surface area (Å²) in [7, 11) is 0. The number of carbonyl (C=O) groups is 1. The lowest BCUT2D eigenvalue weighted by atomic mass is 10.2. The number of carbonyl (C=O) groups excluding carboxylic acids is 1. The molecule has 2 aromatic heterocycles. The average Bonchev–Trinajstić information content (AvgIpc) is 2.67. The molecule has 0 aliphatic rings. The summed E-state index contributed by atoms with van der Waals surface area (Å²) in [5.41, 5.74) is 1.53. The van der Waals surface area contributed by atoms with E-state index in [1.54, 1.807) is 30.5 Å². The summed E-state index contributed by atoms with van der Waals surface area (Å²) >= 11 is 6.16. The number of amides is 1. The van der Waals surface area contributed by atoms with Gasteiger partial charge in [0.25, 0.3) is 11.5 Å². The van der Waals surface area contributed by atoms with Crippen LogP contribution >= 0.6 is 11.6 Å². The van der Waals surface area contributed by atoms with Gasteiger partial charge in [0.05, 0.1) is 24.4 Å². The Morgan fingerprint density at radius 3 is 2.70 bits per heavy atom. The Balaban J connectivity index is 1.76. The van der Waals surface area contributed by atoms with E-state index < -0.39 is 0 Å². The normalized spacial score (nSPS) is 10.4. The van der Waals surface area contributed by atoms with Crippen molar-refractivity contribution in [2.45, 2.75) is 13.5 Å². The molecule has 0 aliphatic carbocycles. The Morgan fingerprint density at radius 1 is 1.19 bits per heavy atom. The standard InChI is InChI=1S/C20H18ClN3O3/c1-2-27-18-9-7-14(11-22-18)20(26)23-16-8-10-19(25)24(13-16)12-15-5-3-4-6-17(15)21/h3-11,13H,2,12H2,1H3,(H,23,26). The molecule has 3 rings (SSSR count). The molecule has 27 heavy (non-hydrogen) atoms. The Morgan fingerprint density at radius 2 is 2.00 bits per heavy atom. The van der Waals surface area contributed by atoms with Crippen LogP contribution in [0, 0.1) is 0 Å². The molecule has 0 atom stereocenters. The monoisotopic (exact) mass is 383 g/mol. The van der Waals surface area contributed by atoms with Gasteiger partial charge >= 0.3 is 0 Å². The fraction of sp³-hybridized carbons (Fsp3) is 0.150. The highest BCUT2D eigenvalue weighted by atomic mass is 35.5. The molecular formula is C20H18ClN3O3. The molecule has 2 heterocycles. The number of hydrogen-bond acceptors (Lipinski definition) is 4. The van der Waals surface area contributed by atoms with Gasteiger partial charge in [-0.3, -0.25) is 9.59 Å². The van der Waals surface area contributed by atoms with E-state index in [4.69, 9.17) is 16.3 Å². The predicted molar refractivity (Wildman–Crippen MR) is 105 cm³/mol. The first-order chi connectivity index (χ1) is 13.1. The number of aromatic nitrogens is 2. The molecule has 138 valence electrons. The number of nitrogens with one attached hydrogen (secondary N) is 1. The first kappa shape index (κ1) is 18.7. The number of pyridine rings is 2. The van der Waals surface area contributed by atoms with Gasteiger partial charge in [0, 0.05) is 29.5 Å². The zero-order chi connectivity index (χ0) is 19.2. The van der Waals surface area contributed by atoms with Gasteiger partial charge in [-0.05, 0) is 30.7 Å². The third-order valence-corrected chi connectivity index (χ3v) is 4.20. The Labute approximate surface area is 161 Å². The van der Waals surface area contributed by atoms with Crippen LogP contribution in [-0.2, 0) is 6.54 Å². The van der Waals surface area contributed by atoms with E-state index in [-0.39, 0.29) is 11.5 Å². The quantitative estimate of drug-likeness (QED) is 0.705. The van der Waals surface area contributed by atoms with Crippen LogP contribution < -0.4 is 15.6 Å². The van der Waals surface area contributed by atoms with Gasteiger partial charge in [-0.15, -0.1) is 0 Å². The summed E-state index contributed by atoms with van der Waals surface area (Å²) < 4.78 is 6.76. The van der Waals surface area contributed by atoms with Gasteiger partial charge in [0.2, 0.25) is 5.88 Å². The second-order valence-corrected chi connectivity index (χ2v) is 6.15. The zero-order valence-electron chi connectivity index (χ0n) is 14.7. The Hall–Kier alpha value is -3.12. The lowest BCUT2D eigenvalue weighted by Crippen LogP contribution is -2.21. The maximum atomic E-state index is 12.4. The highest BCUT2D eigenvalue weighted by Gasteiger charge is 2.09. The second-order valence-electron chi connectivity index (χ2n) is 5.75. The molecule has 3 aromatic rings. The third-order valence-electron chi connectivity index (χ3n) is 3.83. The molecule has 0 aliphatic heterocycles. The van der Waals surface area contributed by atoms with Gasteiger partial charge in [-0.1, -0.05) is 29.8 Å². The summed E-state index contributed by atoms with van der Waals surface area (Å²) in [6, 6.07) is 13.5. The van der Waals surface area contributed by atoms with E-state index in [1.165, 1.54) is 16.8 Å². The van der Waals surface area contributed by atoms with E-state index in [2.05, 4.69) is 10.3 Å². The number of rotatable bonds is 6. The summed E-state index contributed by atoms with van der Waals surface area (Å²) in [5, 5.41) is 3.35.